The maximum Gasteiger partial charge on any atom is 0.333 e. The number of aliphatic carboxylic acids is 1. The lowest BCUT2D eigenvalue weighted by atomic mass is 9.79. The maximum atomic E-state index is 13.2. The Balaban J connectivity index is 2.03. The molecule has 1 saturated heterocycles. The van der Waals surface area contributed by atoms with Crippen molar-refractivity contribution in [3.05, 3.63) is 42.5 Å². The number of para-hydroxylation sites is 1. The number of carboxylic acids is 1. The van der Waals surface area contributed by atoms with Crippen LogP contribution in [0.4, 0.5) is 5.69 Å². The summed E-state index contributed by atoms with van der Waals surface area (Å²) in [4.78, 5) is 75.4. The number of hydrogen-bond acceptors (Lipinski definition) is 8. The molecule has 6 atom stereocenters. The van der Waals surface area contributed by atoms with E-state index in [2.05, 4.69) is 18.0 Å². The first-order valence-electron chi connectivity index (χ1n) is 13.7. The molecule has 0 saturated carbocycles. The second-order valence-electron chi connectivity index (χ2n) is 10.8. The molecule has 226 valence electrons. The number of nitrogens with two attached hydrogens (primary N) is 1. The van der Waals surface area contributed by atoms with Crippen LogP contribution in [-0.2, 0) is 33.5 Å². The number of carboxylic acid groups (broad SMARTS) is 1. The van der Waals surface area contributed by atoms with Crippen molar-refractivity contribution in [1.29, 1.82) is 5.26 Å². The topological polar surface area (TPSA) is 197 Å². The van der Waals surface area contributed by atoms with Gasteiger partial charge in [-0.05, 0) is 44.7 Å². The molecule has 0 bridgehead atoms. The molecule has 12 heteroatoms. The Morgan fingerprint density at radius 1 is 1.12 bits per heavy atom. The van der Waals surface area contributed by atoms with E-state index in [4.69, 9.17) is 10.5 Å². The van der Waals surface area contributed by atoms with Gasteiger partial charge in [0, 0.05) is 29.2 Å². The van der Waals surface area contributed by atoms with Crippen molar-refractivity contribution in [2.45, 2.75) is 46.5 Å². The van der Waals surface area contributed by atoms with Crippen LogP contribution in [0.15, 0.2) is 42.5 Å². The zero-order valence-electron chi connectivity index (χ0n) is 24.1. The molecule has 1 aromatic rings. The third-order valence-corrected chi connectivity index (χ3v) is 7.44. The van der Waals surface area contributed by atoms with Crippen molar-refractivity contribution in [2.75, 3.05) is 18.1 Å². The number of nitrogens with zero attached hydrogens (tertiary/aromatic N) is 2. The van der Waals surface area contributed by atoms with Crippen LogP contribution in [0.25, 0.3) is 0 Å². The highest BCUT2D eigenvalue weighted by Crippen LogP contribution is 2.36. The Hall–Kier alpha value is -4.53. The zero-order chi connectivity index (χ0) is 31.6. The molecule has 1 aliphatic rings. The summed E-state index contributed by atoms with van der Waals surface area (Å²) in [5.41, 5.74) is 6.24. The molecule has 12 nitrogen and oxygen atoms in total. The van der Waals surface area contributed by atoms with E-state index < -0.39 is 65.2 Å². The molecule has 6 unspecified atom stereocenters. The minimum absolute atomic E-state index is 0.00184. The van der Waals surface area contributed by atoms with E-state index in [1.807, 2.05) is 0 Å². The molecule has 1 fully saturated rings. The first-order chi connectivity index (χ1) is 19.8. The lowest BCUT2D eigenvalue weighted by Gasteiger charge is -2.24. The van der Waals surface area contributed by atoms with E-state index >= 15 is 0 Å². The molecule has 1 aliphatic heterocycles. The van der Waals surface area contributed by atoms with Crippen molar-refractivity contribution < 1.29 is 38.6 Å². The van der Waals surface area contributed by atoms with Crippen LogP contribution in [0.1, 0.15) is 46.5 Å². The second-order valence-corrected chi connectivity index (χ2v) is 10.8. The molecule has 1 heterocycles. The van der Waals surface area contributed by atoms with Gasteiger partial charge in [-0.2, -0.15) is 5.26 Å². The normalized spacial score (nSPS) is 19.2. The Morgan fingerprint density at radius 3 is 2.31 bits per heavy atom. The summed E-state index contributed by atoms with van der Waals surface area (Å²) in [5.74, 6) is -9.11. The average Bonchev–Trinajstić information content (AvgIpc) is 3.16. The summed E-state index contributed by atoms with van der Waals surface area (Å²) in [5, 5.41) is 22.2. The number of hydrogen-bond donors (Lipinski definition) is 3. The Bertz CT molecular complexity index is 1240. The Morgan fingerprint density at radius 2 is 1.76 bits per heavy atom. The number of primary amides is 1. The van der Waals surface area contributed by atoms with Crippen LogP contribution in [0.2, 0.25) is 0 Å². The van der Waals surface area contributed by atoms with Crippen molar-refractivity contribution in [3.8, 4) is 6.07 Å². The third kappa shape index (κ3) is 8.99. The van der Waals surface area contributed by atoms with Gasteiger partial charge in [-0.15, -0.1) is 0 Å². The fraction of sp³-hybridized carbons (Fsp3) is 0.500. The van der Waals surface area contributed by atoms with Gasteiger partial charge in [0.25, 0.3) is 0 Å². The molecule has 4 N–H and O–H groups in total. The highest BCUT2D eigenvalue weighted by molar-refractivity contribution is 6.21. The standard InChI is InChI=1S/C30H38N4O8/c1-17(2)30(41)42-11-10-33-26(36)18(3)12-22(29(39)40)15-21(25(32)35)13-20(16-31)14-24-19(4)27(37)34(28(24)38)23-8-6-5-7-9-23/h5-9,18-22,24H,1,10-15H2,2-4H3,(H2,32,35)(H,33,36)(H,39,40). The number of carbonyl (C=O) groups excluding carboxylic acids is 5. The lowest BCUT2D eigenvalue weighted by Crippen LogP contribution is -2.35. The number of esters is 1. The predicted octanol–water partition coefficient (Wildman–Crippen LogP) is 2.19. The minimum atomic E-state index is -1.23. The molecule has 4 amide bonds. The number of imide groups is 1. The summed E-state index contributed by atoms with van der Waals surface area (Å²) < 4.78 is 4.91. The Labute approximate surface area is 244 Å². The SMILES string of the molecule is C=C(C)C(=O)OCCNC(=O)C(C)CC(CC(CC(C#N)CC1C(=O)N(c2ccccc2)C(=O)C1C)C(N)=O)C(=O)O. The van der Waals surface area contributed by atoms with Gasteiger partial charge in [-0.3, -0.25) is 28.9 Å². The third-order valence-electron chi connectivity index (χ3n) is 7.44. The van der Waals surface area contributed by atoms with Crippen molar-refractivity contribution in [2.24, 2.45) is 41.2 Å². The summed E-state index contributed by atoms with van der Waals surface area (Å²) in [7, 11) is 0. The van der Waals surface area contributed by atoms with Gasteiger partial charge in [0.05, 0.1) is 30.1 Å². The summed E-state index contributed by atoms with van der Waals surface area (Å²) in [6, 6.07) is 10.5. The summed E-state index contributed by atoms with van der Waals surface area (Å²) in [6.07, 6.45) is -0.408. The quantitative estimate of drug-likeness (QED) is 0.113. The second kappa shape index (κ2) is 15.5. The van der Waals surface area contributed by atoms with Crippen LogP contribution in [0, 0.1) is 46.8 Å². The maximum absolute atomic E-state index is 13.2. The predicted molar refractivity (Wildman–Crippen MR) is 151 cm³/mol. The molecule has 0 spiro atoms. The van der Waals surface area contributed by atoms with Crippen LogP contribution < -0.4 is 16.0 Å². The number of nitriles is 1. The van der Waals surface area contributed by atoms with Crippen LogP contribution in [0.3, 0.4) is 0 Å². The van der Waals surface area contributed by atoms with Gasteiger partial charge in [0.2, 0.25) is 23.6 Å². The summed E-state index contributed by atoms with van der Waals surface area (Å²) in [6.45, 7) is 8.04. The minimum Gasteiger partial charge on any atom is -0.481 e. The highest BCUT2D eigenvalue weighted by atomic mass is 16.5. The van der Waals surface area contributed by atoms with E-state index in [-0.39, 0.29) is 50.3 Å². The lowest BCUT2D eigenvalue weighted by molar-refractivity contribution is -0.144. The Kier molecular flexibility index (Phi) is 12.4. The van der Waals surface area contributed by atoms with E-state index in [0.717, 1.165) is 4.90 Å². The number of anilines is 1. The van der Waals surface area contributed by atoms with E-state index in [0.29, 0.717) is 5.69 Å². The molecule has 2 rings (SSSR count). The van der Waals surface area contributed by atoms with Crippen molar-refractivity contribution in [1.82, 2.24) is 5.32 Å². The molecule has 0 aromatic heterocycles. The molecule has 0 radical (unpaired) electrons. The number of amides is 4. The highest BCUT2D eigenvalue weighted by Gasteiger charge is 2.46. The van der Waals surface area contributed by atoms with E-state index in [1.54, 1.807) is 37.3 Å². The van der Waals surface area contributed by atoms with Gasteiger partial charge in [0.15, 0.2) is 0 Å². The summed E-state index contributed by atoms with van der Waals surface area (Å²) >= 11 is 0. The molecule has 42 heavy (non-hydrogen) atoms. The first-order valence-corrected chi connectivity index (χ1v) is 13.7. The number of benzene rings is 1. The smallest absolute Gasteiger partial charge is 0.333 e. The fourth-order valence-electron chi connectivity index (χ4n) is 4.97. The first kappa shape index (κ1) is 33.7. The largest absolute Gasteiger partial charge is 0.481 e. The van der Waals surface area contributed by atoms with E-state index in [9.17, 15) is 39.1 Å². The number of ether oxygens (including phenoxy) is 1. The number of nitrogens with one attached hydrogen (secondary N) is 1. The molecular formula is C30H38N4O8. The van der Waals surface area contributed by atoms with Gasteiger partial charge >= 0.3 is 11.9 Å². The van der Waals surface area contributed by atoms with Crippen LogP contribution in [-0.4, -0.2) is 53.8 Å². The number of rotatable bonds is 16. The van der Waals surface area contributed by atoms with Crippen molar-refractivity contribution in [3.63, 3.8) is 0 Å². The van der Waals surface area contributed by atoms with Gasteiger partial charge < -0.3 is 20.9 Å². The van der Waals surface area contributed by atoms with Gasteiger partial charge in [0.1, 0.15) is 6.61 Å². The van der Waals surface area contributed by atoms with Gasteiger partial charge in [-0.25, -0.2) is 4.79 Å². The van der Waals surface area contributed by atoms with E-state index in [1.165, 1.54) is 13.8 Å². The van der Waals surface area contributed by atoms with Crippen LogP contribution in [0.5, 0.6) is 0 Å². The van der Waals surface area contributed by atoms with Gasteiger partial charge in [-0.1, -0.05) is 38.6 Å². The van der Waals surface area contributed by atoms with Crippen LogP contribution >= 0.6 is 0 Å². The molecule has 0 aliphatic carbocycles. The fourth-order valence-corrected chi connectivity index (χ4v) is 4.97. The number of carbonyl (C=O) groups is 6. The van der Waals surface area contributed by atoms with Crippen molar-refractivity contribution >= 4 is 41.3 Å². The molecule has 1 aromatic carbocycles. The average molecular weight is 583 g/mol. The molecular weight excluding hydrogens is 544 g/mol. The zero-order valence-corrected chi connectivity index (χ0v) is 24.1. The monoisotopic (exact) mass is 582 g/mol.